The zero-order valence-electron chi connectivity index (χ0n) is 10.5. The van der Waals surface area contributed by atoms with Crippen LogP contribution in [0.3, 0.4) is 0 Å². The molecule has 1 aliphatic carbocycles. The molecule has 0 bridgehead atoms. The van der Waals surface area contributed by atoms with Gasteiger partial charge in [-0.1, -0.05) is 27.7 Å². The molecule has 1 aliphatic rings. The maximum Gasteiger partial charge on any atom is 0.0884 e. The predicted octanol–water partition coefficient (Wildman–Crippen LogP) is 0.276. The molecule has 0 heterocycles. The Bertz CT molecular complexity index is 211. The van der Waals surface area contributed by atoms with Gasteiger partial charge in [0.15, 0.2) is 0 Å². The van der Waals surface area contributed by atoms with E-state index in [0.29, 0.717) is 12.8 Å². The Hall–Kier alpha value is -0.160. The standard InChI is InChI=1S/C12H24O4/c1-5-11(3)7(13)9(15)12(4,6-2)10(16)8(11)14/h7-10,13-16H,5-6H2,1-4H3. The monoisotopic (exact) mass is 232 g/mol. The minimum Gasteiger partial charge on any atom is -0.390 e. The zero-order chi connectivity index (χ0) is 12.7. The lowest BCUT2D eigenvalue weighted by molar-refractivity contribution is -0.250. The summed E-state index contributed by atoms with van der Waals surface area (Å²) in [7, 11) is 0. The minimum atomic E-state index is -1.01. The van der Waals surface area contributed by atoms with E-state index in [1.807, 2.05) is 13.8 Å². The van der Waals surface area contributed by atoms with Crippen LogP contribution in [0.4, 0.5) is 0 Å². The van der Waals surface area contributed by atoms with Crippen molar-refractivity contribution in [3.8, 4) is 0 Å². The van der Waals surface area contributed by atoms with Gasteiger partial charge in [-0.05, 0) is 12.8 Å². The summed E-state index contributed by atoms with van der Waals surface area (Å²) in [5.41, 5.74) is -1.71. The molecule has 4 unspecified atom stereocenters. The molecule has 1 rings (SSSR count). The smallest absolute Gasteiger partial charge is 0.0884 e. The van der Waals surface area contributed by atoms with Gasteiger partial charge in [0.25, 0.3) is 0 Å². The zero-order valence-corrected chi connectivity index (χ0v) is 10.5. The number of aliphatic hydroxyl groups is 4. The molecule has 96 valence electrons. The first-order valence-electron chi connectivity index (χ1n) is 5.98. The Morgan fingerprint density at radius 2 is 0.875 bits per heavy atom. The highest BCUT2D eigenvalue weighted by molar-refractivity contribution is 5.09. The largest absolute Gasteiger partial charge is 0.390 e. The van der Waals surface area contributed by atoms with Crippen molar-refractivity contribution in [1.29, 1.82) is 0 Å². The first-order chi connectivity index (χ1) is 7.25. The first kappa shape index (κ1) is 13.9. The Kier molecular flexibility index (Phi) is 3.70. The average molecular weight is 232 g/mol. The van der Waals surface area contributed by atoms with E-state index in [0.717, 1.165) is 0 Å². The fourth-order valence-corrected chi connectivity index (χ4v) is 2.63. The fraction of sp³-hybridized carbons (Fsp3) is 1.00. The maximum absolute atomic E-state index is 10.1. The van der Waals surface area contributed by atoms with Crippen molar-refractivity contribution in [2.75, 3.05) is 0 Å². The minimum absolute atomic E-state index is 0.503. The molecule has 0 spiro atoms. The van der Waals surface area contributed by atoms with Crippen LogP contribution < -0.4 is 0 Å². The average Bonchev–Trinajstić information content (AvgIpc) is 2.31. The second kappa shape index (κ2) is 4.26. The van der Waals surface area contributed by atoms with Gasteiger partial charge >= 0.3 is 0 Å². The third-order valence-corrected chi connectivity index (χ3v) is 4.82. The summed E-state index contributed by atoms with van der Waals surface area (Å²) >= 11 is 0. The van der Waals surface area contributed by atoms with Crippen LogP contribution in [-0.4, -0.2) is 44.8 Å². The highest BCUT2D eigenvalue weighted by Gasteiger charge is 2.59. The van der Waals surface area contributed by atoms with Gasteiger partial charge in [0.05, 0.1) is 24.4 Å². The van der Waals surface area contributed by atoms with Crippen LogP contribution in [0.25, 0.3) is 0 Å². The third-order valence-electron chi connectivity index (χ3n) is 4.82. The van der Waals surface area contributed by atoms with Gasteiger partial charge in [-0.3, -0.25) is 0 Å². The lowest BCUT2D eigenvalue weighted by Gasteiger charge is -2.55. The number of hydrogen-bond donors (Lipinski definition) is 4. The molecule has 4 atom stereocenters. The molecular formula is C12H24O4. The van der Waals surface area contributed by atoms with E-state index in [1.165, 1.54) is 0 Å². The van der Waals surface area contributed by atoms with Gasteiger partial charge < -0.3 is 20.4 Å². The highest BCUT2D eigenvalue weighted by Crippen LogP contribution is 2.48. The van der Waals surface area contributed by atoms with E-state index >= 15 is 0 Å². The van der Waals surface area contributed by atoms with E-state index in [9.17, 15) is 20.4 Å². The van der Waals surface area contributed by atoms with Crippen molar-refractivity contribution in [3.63, 3.8) is 0 Å². The summed E-state index contributed by atoms with van der Waals surface area (Å²) in [6, 6.07) is 0. The summed E-state index contributed by atoms with van der Waals surface area (Å²) in [5, 5.41) is 40.5. The van der Waals surface area contributed by atoms with Crippen LogP contribution in [-0.2, 0) is 0 Å². The molecular weight excluding hydrogens is 208 g/mol. The summed E-state index contributed by atoms with van der Waals surface area (Å²) in [4.78, 5) is 0. The van der Waals surface area contributed by atoms with Crippen LogP contribution in [0, 0.1) is 10.8 Å². The predicted molar refractivity (Wildman–Crippen MR) is 60.8 cm³/mol. The van der Waals surface area contributed by atoms with Gasteiger partial charge in [0, 0.05) is 10.8 Å². The Morgan fingerprint density at radius 1 is 0.688 bits per heavy atom. The van der Waals surface area contributed by atoms with Crippen molar-refractivity contribution in [3.05, 3.63) is 0 Å². The summed E-state index contributed by atoms with van der Waals surface area (Å²) in [5.74, 6) is 0. The summed E-state index contributed by atoms with van der Waals surface area (Å²) in [6.07, 6.45) is -3.05. The van der Waals surface area contributed by atoms with Crippen LogP contribution in [0.15, 0.2) is 0 Å². The molecule has 1 fully saturated rings. The van der Waals surface area contributed by atoms with E-state index in [1.54, 1.807) is 13.8 Å². The molecule has 4 nitrogen and oxygen atoms in total. The van der Waals surface area contributed by atoms with E-state index in [2.05, 4.69) is 0 Å². The van der Waals surface area contributed by atoms with Crippen LogP contribution in [0.2, 0.25) is 0 Å². The van der Waals surface area contributed by atoms with Gasteiger partial charge in [-0.15, -0.1) is 0 Å². The molecule has 1 saturated carbocycles. The van der Waals surface area contributed by atoms with Gasteiger partial charge in [-0.25, -0.2) is 0 Å². The molecule has 0 saturated heterocycles. The molecule has 0 amide bonds. The lowest BCUT2D eigenvalue weighted by atomic mass is 9.57. The van der Waals surface area contributed by atoms with Crippen molar-refractivity contribution in [2.45, 2.75) is 65.0 Å². The maximum atomic E-state index is 10.1. The van der Waals surface area contributed by atoms with Crippen LogP contribution >= 0.6 is 0 Å². The molecule has 0 aromatic rings. The molecule has 0 aromatic heterocycles. The Morgan fingerprint density at radius 3 is 1.00 bits per heavy atom. The van der Waals surface area contributed by atoms with Crippen molar-refractivity contribution < 1.29 is 20.4 Å². The first-order valence-corrected chi connectivity index (χ1v) is 5.98. The quantitative estimate of drug-likeness (QED) is 0.551. The molecule has 4 N–H and O–H groups in total. The Labute approximate surface area is 96.9 Å². The van der Waals surface area contributed by atoms with E-state index < -0.39 is 35.2 Å². The second-order valence-corrected chi connectivity index (χ2v) is 5.50. The molecule has 16 heavy (non-hydrogen) atoms. The number of aliphatic hydroxyl groups excluding tert-OH is 4. The second-order valence-electron chi connectivity index (χ2n) is 5.50. The molecule has 0 radical (unpaired) electrons. The third kappa shape index (κ3) is 1.59. The highest BCUT2D eigenvalue weighted by atomic mass is 16.4. The topological polar surface area (TPSA) is 80.9 Å². The van der Waals surface area contributed by atoms with E-state index in [4.69, 9.17) is 0 Å². The summed E-state index contributed by atoms with van der Waals surface area (Å²) in [6.45, 7) is 7.06. The molecule has 4 heteroatoms. The van der Waals surface area contributed by atoms with Gasteiger partial charge in [0.1, 0.15) is 0 Å². The van der Waals surface area contributed by atoms with Crippen LogP contribution in [0.1, 0.15) is 40.5 Å². The van der Waals surface area contributed by atoms with Gasteiger partial charge in [-0.2, -0.15) is 0 Å². The Balaban J connectivity index is 3.14. The van der Waals surface area contributed by atoms with Crippen molar-refractivity contribution in [1.82, 2.24) is 0 Å². The van der Waals surface area contributed by atoms with Crippen molar-refractivity contribution in [2.24, 2.45) is 10.8 Å². The number of rotatable bonds is 2. The normalized spacial score (nSPS) is 54.0. The SMILES string of the molecule is CCC1(C)C(O)C(O)C(C)(CC)C(O)C1O. The fourth-order valence-electron chi connectivity index (χ4n) is 2.63. The molecule has 0 aromatic carbocycles. The lowest BCUT2D eigenvalue weighted by Crippen LogP contribution is -2.67. The molecule has 0 aliphatic heterocycles. The van der Waals surface area contributed by atoms with E-state index in [-0.39, 0.29) is 0 Å². The van der Waals surface area contributed by atoms with Crippen LogP contribution in [0.5, 0.6) is 0 Å². The number of hydrogen-bond acceptors (Lipinski definition) is 4. The van der Waals surface area contributed by atoms with Crippen molar-refractivity contribution >= 4 is 0 Å². The van der Waals surface area contributed by atoms with Gasteiger partial charge in [0.2, 0.25) is 0 Å². The summed E-state index contributed by atoms with van der Waals surface area (Å²) < 4.78 is 0.